The van der Waals surface area contributed by atoms with Gasteiger partial charge in [0.15, 0.2) is 10.9 Å². The molecule has 1 saturated heterocycles. The van der Waals surface area contributed by atoms with Gasteiger partial charge in [-0.2, -0.15) is 0 Å². The third kappa shape index (κ3) is 4.82. The van der Waals surface area contributed by atoms with E-state index in [2.05, 4.69) is 25.2 Å². The summed E-state index contributed by atoms with van der Waals surface area (Å²) in [5.41, 5.74) is 0.852. The number of carbonyl (C=O) groups excluding carboxylic acids is 1. The monoisotopic (exact) mass is 377 g/mol. The first kappa shape index (κ1) is 18.8. The van der Waals surface area contributed by atoms with Crippen LogP contribution in [0.2, 0.25) is 0 Å². The molecule has 0 saturated carbocycles. The lowest BCUT2D eigenvalue weighted by atomic mass is 9.94. The molecule has 0 spiro atoms. The lowest BCUT2D eigenvalue weighted by Gasteiger charge is -2.32. The molecular formula is C18H24FN5OS. The number of rotatable bonds is 5. The van der Waals surface area contributed by atoms with E-state index in [-0.39, 0.29) is 11.7 Å². The third-order valence-electron chi connectivity index (χ3n) is 4.52. The number of aryl methyl sites for hydroxylation is 2. The summed E-state index contributed by atoms with van der Waals surface area (Å²) in [6.45, 7) is 7.71. The molecule has 3 rings (SSSR count). The molecule has 2 aromatic heterocycles. The van der Waals surface area contributed by atoms with Crippen LogP contribution in [0.15, 0.2) is 6.20 Å². The fourth-order valence-electron chi connectivity index (χ4n) is 3.39. The van der Waals surface area contributed by atoms with Crippen LogP contribution in [-0.2, 0) is 17.8 Å². The number of hydrogen-bond acceptors (Lipinski definition) is 6. The highest BCUT2D eigenvalue weighted by Crippen LogP contribution is 2.25. The van der Waals surface area contributed by atoms with Crippen molar-refractivity contribution in [2.75, 3.05) is 18.4 Å². The summed E-state index contributed by atoms with van der Waals surface area (Å²) < 4.78 is 13.7. The smallest absolute Gasteiger partial charge is 0.223 e. The zero-order valence-corrected chi connectivity index (χ0v) is 16.2. The second kappa shape index (κ2) is 8.18. The van der Waals surface area contributed by atoms with Crippen molar-refractivity contribution in [2.24, 2.45) is 5.92 Å². The lowest BCUT2D eigenvalue weighted by Crippen LogP contribution is -2.35. The van der Waals surface area contributed by atoms with Gasteiger partial charge in [-0.25, -0.2) is 19.3 Å². The number of piperidine rings is 1. The Labute approximate surface area is 156 Å². The molecule has 1 aliphatic heterocycles. The Morgan fingerprint density at radius 1 is 1.38 bits per heavy atom. The van der Waals surface area contributed by atoms with Gasteiger partial charge in [-0.05, 0) is 39.2 Å². The van der Waals surface area contributed by atoms with Crippen LogP contribution in [0.1, 0.15) is 41.9 Å². The maximum absolute atomic E-state index is 13.7. The van der Waals surface area contributed by atoms with E-state index in [1.54, 1.807) is 13.8 Å². The molecule has 1 atom stereocenters. The molecule has 0 unspecified atom stereocenters. The number of thiazole rings is 1. The molecule has 140 valence electrons. The van der Waals surface area contributed by atoms with E-state index < -0.39 is 0 Å². The van der Waals surface area contributed by atoms with Crippen molar-refractivity contribution in [2.45, 2.75) is 46.6 Å². The maximum Gasteiger partial charge on any atom is 0.223 e. The molecule has 26 heavy (non-hydrogen) atoms. The van der Waals surface area contributed by atoms with Crippen molar-refractivity contribution < 1.29 is 9.18 Å². The van der Waals surface area contributed by atoms with Gasteiger partial charge >= 0.3 is 0 Å². The van der Waals surface area contributed by atoms with E-state index in [9.17, 15) is 9.18 Å². The number of nitrogens with one attached hydrogen (secondary N) is 1. The first-order valence-electron chi connectivity index (χ1n) is 8.85. The van der Waals surface area contributed by atoms with Gasteiger partial charge < -0.3 is 5.32 Å². The Bertz CT molecular complexity index is 771. The van der Waals surface area contributed by atoms with Crippen molar-refractivity contribution in [1.82, 2.24) is 19.9 Å². The van der Waals surface area contributed by atoms with Crippen LogP contribution in [0, 0.1) is 25.6 Å². The van der Waals surface area contributed by atoms with Gasteiger partial charge in [-0.15, -0.1) is 11.3 Å². The number of nitrogens with zero attached hydrogens (tertiary/aromatic N) is 4. The maximum atomic E-state index is 13.7. The topological polar surface area (TPSA) is 71.0 Å². The van der Waals surface area contributed by atoms with E-state index in [0.717, 1.165) is 49.6 Å². The average Bonchev–Trinajstić information content (AvgIpc) is 2.99. The lowest BCUT2D eigenvalue weighted by molar-refractivity contribution is -0.114. The summed E-state index contributed by atoms with van der Waals surface area (Å²) in [6.07, 6.45) is 4.87. The molecule has 0 aliphatic carbocycles. The highest BCUT2D eigenvalue weighted by Gasteiger charge is 2.22. The van der Waals surface area contributed by atoms with Gasteiger partial charge in [-0.1, -0.05) is 0 Å². The van der Waals surface area contributed by atoms with Crippen LogP contribution in [0.5, 0.6) is 0 Å². The van der Waals surface area contributed by atoms with Crippen molar-refractivity contribution >= 4 is 22.4 Å². The SMILES string of the molecule is CC(=O)Nc1ncc(CN2CCC[C@H](Cc3nc(C)c(F)c(C)n3)C2)s1. The van der Waals surface area contributed by atoms with Gasteiger partial charge in [-0.3, -0.25) is 9.69 Å². The fourth-order valence-corrected chi connectivity index (χ4v) is 4.29. The van der Waals surface area contributed by atoms with Gasteiger partial charge in [0.1, 0.15) is 5.82 Å². The fraction of sp³-hybridized carbons (Fsp3) is 0.556. The second-order valence-electron chi connectivity index (χ2n) is 6.89. The normalized spacial score (nSPS) is 18.1. The van der Waals surface area contributed by atoms with E-state index in [1.165, 1.54) is 18.3 Å². The first-order chi connectivity index (χ1) is 12.4. The summed E-state index contributed by atoms with van der Waals surface area (Å²) in [6, 6.07) is 0. The Kier molecular flexibility index (Phi) is 5.93. The van der Waals surface area contributed by atoms with Crippen molar-refractivity contribution in [3.05, 3.63) is 34.1 Å². The molecule has 2 aromatic rings. The number of aromatic nitrogens is 3. The van der Waals surface area contributed by atoms with Crippen LogP contribution in [-0.4, -0.2) is 38.8 Å². The van der Waals surface area contributed by atoms with Crippen molar-refractivity contribution in [3.63, 3.8) is 0 Å². The Hall–Kier alpha value is -1.93. The molecular weight excluding hydrogens is 353 g/mol. The van der Waals surface area contributed by atoms with Gasteiger partial charge in [0, 0.05) is 37.5 Å². The first-order valence-corrected chi connectivity index (χ1v) is 9.66. The number of likely N-dealkylation sites (tertiary alicyclic amines) is 1. The third-order valence-corrected chi connectivity index (χ3v) is 5.42. The Morgan fingerprint density at radius 2 is 2.12 bits per heavy atom. The molecule has 0 radical (unpaired) electrons. The number of halogens is 1. The van der Waals surface area contributed by atoms with Crippen LogP contribution in [0.4, 0.5) is 9.52 Å². The highest BCUT2D eigenvalue weighted by atomic mass is 32.1. The molecule has 1 fully saturated rings. The summed E-state index contributed by atoms with van der Waals surface area (Å²) in [4.78, 5) is 27.5. The number of amides is 1. The average molecular weight is 377 g/mol. The van der Waals surface area contributed by atoms with Crippen LogP contribution < -0.4 is 5.32 Å². The molecule has 0 bridgehead atoms. The van der Waals surface area contributed by atoms with Gasteiger partial charge in [0.2, 0.25) is 5.91 Å². The van der Waals surface area contributed by atoms with E-state index in [4.69, 9.17) is 0 Å². The van der Waals surface area contributed by atoms with E-state index in [1.807, 2.05) is 6.20 Å². The minimum absolute atomic E-state index is 0.103. The summed E-state index contributed by atoms with van der Waals surface area (Å²) >= 11 is 1.51. The van der Waals surface area contributed by atoms with Gasteiger partial charge in [0.25, 0.3) is 0 Å². The minimum atomic E-state index is -0.306. The quantitative estimate of drug-likeness (QED) is 0.867. The zero-order valence-electron chi connectivity index (χ0n) is 15.4. The predicted octanol–water partition coefficient (Wildman–Crippen LogP) is 3.10. The van der Waals surface area contributed by atoms with Crippen LogP contribution in [0.25, 0.3) is 0 Å². The van der Waals surface area contributed by atoms with E-state index >= 15 is 0 Å². The van der Waals surface area contributed by atoms with Gasteiger partial charge in [0.05, 0.1) is 11.4 Å². The largest absolute Gasteiger partial charge is 0.302 e. The standard InChI is InChI=1S/C18H24FN5OS/c1-11-17(19)12(2)22-16(21-11)7-14-5-4-6-24(9-14)10-15-8-20-18(26-15)23-13(3)25/h8,14H,4-7,9-10H2,1-3H3,(H,20,23,25)/t14-/m1/s1. The Balaban J connectivity index is 1.59. The molecule has 1 aliphatic rings. The predicted molar refractivity (Wildman–Crippen MR) is 99.6 cm³/mol. The number of anilines is 1. The number of hydrogen-bond donors (Lipinski definition) is 1. The summed E-state index contributed by atoms with van der Waals surface area (Å²) in [5.74, 6) is 0.794. The van der Waals surface area contributed by atoms with Crippen molar-refractivity contribution in [1.29, 1.82) is 0 Å². The van der Waals surface area contributed by atoms with Crippen LogP contribution in [0.3, 0.4) is 0 Å². The van der Waals surface area contributed by atoms with E-state index in [0.29, 0.717) is 22.4 Å². The summed E-state index contributed by atoms with van der Waals surface area (Å²) in [7, 11) is 0. The zero-order chi connectivity index (χ0) is 18.7. The second-order valence-corrected chi connectivity index (χ2v) is 8.00. The molecule has 0 aromatic carbocycles. The highest BCUT2D eigenvalue weighted by molar-refractivity contribution is 7.15. The van der Waals surface area contributed by atoms with Crippen molar-refractivity contribution in [3.8, 4) is 0 Å². The number of carbonyl (C=O) groups is 1. The molecule has 6 nitrogen and oxygen atoms in total. The molecule has 1 N–H and O–H groups in total. The molecule has 8 heteroatoms. The molecule has 3 heterocycles. The van der Waals surface area contributed by atoms with Crippen LogP contribution >= 0.6 is 11.3 Å². The minimum Gasteiger partial charge on any atom is -0.302 e. The molecule has 1 amide bonds. The Morgan fingerprint density at radius 3 is 2.81 bits per heavy atom. The summed E-state index contributed by atoms with van der Waals surface area (Å²) in [5, 5.41) is 3.37.